The lowest BCUT2D eigenvalue weighted by Crippen LogP contribution is -2.29. The van der Waals surface area contributed by atoms with Crippen LogP contribution in [0.2, 0.25) is 5.02 Å². The number of hydrogen-bond donors (Lipinski definition) is 3. The van der Waals surface area contributed by atoms with E-state index in [9.17, 15) is 9.59 Å². The van der Waals surface area contributed by atoms with Crippen molar-refractivity contribution in [2.75, 3.05) is 25.0 Å². The van der Waals surface area contributed by atoms with Crippen LogP contribution >= 0.6 is 24.0 Å². The van der Waals surface area contributed by atoms with Gasteiger partial charge in [0.25, 0.3) is 5.91 Å². The van der Waals surface area contributed by atoms with Gasteiger partial charge in [-0.25, -0.2) is 4.68 Å². The maximum absolute atomic E-state index is 12.2. The first kappa shape index (κ1) is 22.1. The van der Waals surface area contributed by atoms with E-state index in [0.717, 1.165) is 31.5 Å². The molecule has 2 amide bonds. The first-order chi connectivity index (χ1) is 13.0. The monoisotopic (exact) mass is 426 g/mol. The molecule has 2 aromatic rings. The van der Waals surface area contributed by atoms with Crippen molar-refractivity contribution < 1.29 is 9.59 Å². The van der Waals surface area contributed by atoms with Crippen LogP contribution in [0.3, 0.4) is 0 Å². The number of carbonyl (C=O) groups excluding carboxylic acids is 2. The number of aromatic nitrogens is 3. The molecule has 0 spiro atoms. The van der Waals surface area contributed by atoms with Gasteiger partial charge in [0.1, 0.15) is 0 Å². The van der Waals surface area contributed by atoms with E-state index < -0.39 is 0 Å². The molecule has 10 heteroatoms. The number of nitrogens with one attached hydrogen (secondary N) is 3. The van der Waals surface area contributed by atoms with E-state index in [4.69, 9.17) is 11.6 Å². The number of piperidine rings is 1. The molecule has 28 heavy (non-hydrogen) atoms. The lowest BCUT2D eigenvalue weighted by atomic mass is 10.1. The van der Waals surface area contributed by atoms with Gasteiger partial charge in [-0.15, -0.1) is 17.5 Å². The molecule has 1 fully saturated rings. The van der Waals surface area contributed by atoms with E-state index in [1.165, 1.54) is 0 Å². The number of nitrogens with zero attached hydrogens (tertiary/aromatic N) is 3. The summed E-state index contributed by atoms with van der Waals surface area (Å²) >= 11 is 6.04. The third-order valence-electron chi connectivity index (χ3n) is 4.61. The standard InChI is InChI=1S/C18H23ClN6O2.ClH/c1-12-14(19)3-2-4-15(12)22-17(26)7-10-21-18(27)16-11-25(24-23-16)13-5-8-20-9-6-13;/h2-4,11,13,20H,5-10H2,1H3,(H,21,27)(H,22,26);1H. The van der Waals surface area contributed by atoms with Crippen LogP contribution in [0.4, 0.5) is 5.69 Å². The zero-order chi connectivity index (χ0) is 19.2. The SMILES string of the molecule is Cc1c(Cl)cccc1NC(=O)CCNC(=O)c1cn(C2CCNCC2)nn1.Cl. The molecule has 152 valence electrons. The van der Waals surface area contributed by atoms with Gasteiger partial charge in [0.05, 0.1) is 12.2 Å². The molecule has 1 aliphatic rings. The number of carbonyl (C=O) groups is 2. The number of halogens is 2. The smallest absolute Gasteiger partial charge is 0.273 e. The number of benzene rings is 1. The molecular weight excluding hydrogens is 403 g/mol. The van der Waals surface area contributed by atoms with Gasteiger partial charge in [-0.3, -0.25) is 9.59 Å². The van der Waals surface area contributed by atoms with Crippen molar-refractivity contribution in [2.45, 2.75) is 32.2 Å². The highest BCUT2D eigenvalue weighted by Crippen LogP contribution is 2.23. The van der Waals surface area contributed by atoms with Gasteiger partial charge in [-0.1, -0.05) is 22.9 Å². The molecule has 1 saturated heterocycles. The Labute approximate surface area is 174 Å². The van der Waals surface area contributed by atoms with Crippen LogP contribution in [-0.4, -0.2) is 46.4 Å². The molecule has 0 saturated carbocycles. The summed E-state index contributed by atoms with van der Waals surface area (Å²) in [4.78, 5) is 24.3. The third kappa shape index (κ3) is 5.67. The minimum atomic E-state index is -0.332. The molecule has 2 heterocycles. The van der Waals surface area contributed by atoms with Gasteiger partial charge in [-0.2, -0.15) is 0 Å². The minimum Gasteiger partial charge on any atom is -0.350 e. The molecule has 3 rings (SSSR count). The highest BCUT2D eigenvalue weighted by atomic mass is 35.5. The van der Waals surface area contributed by atoms with Crippen molar-refractivity contribution in [3.05, 3.63) is 40.7 Å². The van der Waals surface area contributed by atoms with Crippen molar-refractivity contribution in [3.8, 4) is 0 Å². The highest BCUT2D eigenvalue weighted by Gasteiger charge is 2.18. The van der Waals surface area contributed by atoms with E-state index >= 15 is 0 Å². The zero-order valence-electron chi connectivity index (χ0n) is 15.6. The number of anilines is 1. The van der Waals surface area contributed by atoms with E-state index in [-0.39, 0.29) is 48.9 Å². The molecule has 0 radical (unpaired) electrons. The maximum atomic E-state index is 12.2. The molecule has 1 aliphatic heterocycles. The minimum absolute atomic E-state index is 0. The van der Waals surface area contributed by atoms with Crippen LogP contribution in [0.15, 0.2) is 24.4 Å². The molecule has 3 N–H and O–H groups in total. The summed E-state index contributed by atoms with van der Waals surface area (Å²) in [5.74, 6) is -0.527. The van der Waals surface area contributed by atoms with Crippen molar-refractivity contribution in [1.29, 1.82) is 0 Å². The van der Waals surface area contributed by atoms with E-state index in [2.05, 4.69) is 26.3 Å². The van der Waals surface area contributed by atoms with Gasteiger partial charge >= 0.3 is 0 Å². The van der Waals surface area contributed by atoms with Gasteiger partial charge in [0.2, 0.25) is 5.91 Å². The molecule has 0 atom stereocenters. The van der Waals surface area contributed by atoms with Crippen LogP contribution in [0.25, 0.3) is 0 Å². The fourth-order valence-corrected chi connectivity index (χ4v) is 3.14. The van der Waals surface area contributed by atoms with Crippen LogP contribution in [0, 0.1) is 6.92 Å². The third-order valence-corrected chi connectivity index (χ3v) is 5.01. The Morgan fingerprint density at radius 2 is 2.07 bits per heavy atom. The molecule has 0 unspecified atom stereocenters. The Balaban J connectivity index is 0.00000280. The van der Waals surface area contributed by atoms with Crippen LogP contribution < -0.4 is 16.0 Å². The second kappa shape index (κ2) is 10.4. The van der Waals surface area contributed by atoms with Gasteiger partial charge in [0.15, 0.2) is 5.69 Å². The maximum Gasteiger partial charge on any atom is 0.273 e. The van der Waals surface area contributed by atoms with Crippen molar-refractivity contribution >= 4 is 41.5 Å². The quantitative estimate of drug-likeness (QED) is 0.657. The van der Waals surface area contributed by atoms with Crippen molar-refractivity contribution in [2.24, 2.45) is 0 Å². The fourth-order valence-electron chi connectivity index (χ4n) is 2.97. The summed E-state index contributed by atoms with van der Waals surface area (Å²) < 4.78 is 1.75. The molecule has 8 nitrogen and oxygen atoms in total. The summed E-state index contributed by atoms with van der Waals surface area (Å²) in [6.07, 6.45) is 3.75. The molecule has 0 bridgehead atoms. The molecule has 0 aliphatic carbocycles. The normalized spacial score (nSPS) is 14.2. The largest absolute Gasteiger partial charge is 0.350 e. The van der Waals surface area contributed by atoms with Gasteiger partial charge < -0.3 is 16.0 Å². The topological polar surface area (TPSA) is 101 Å². The molecule has 1 aromatic heterocycles. The average molecular weight is 427 g/mol. The predicted octanol–water partition coefficient (Wildman–Crippen LogP) is 2.34. The Kier molecular flexibility index (Phi) is 8.22. The van der Waals surface area contributed by atoms with E-state index in [1.54, 1.807) is 29.1 Å². The van der Waals surface area contributed by atoms with E-state index in [1.807, 2.05) is 6.92 Å². The fraction of sp³-hybridized carbons (Fsp3) is 0.444. The van der Waals surface area contributed by atoms with Crippen molar-refractivity contribution in [3.63, 3.8) is 0 Å². The molecule has 1 aromatic carbocycles. The van der Waals surface area contributed by atoms with Crippen molar-refractivity contribution in [1.82, 2.24) is 25.6 Å². The lowest BCUT2D eigenvalue weighted by Gasteiger charge is -2.22. The van der Waals surface area contributed by atoms with E-state index in [0.29, 0.717) is 10.7 Å². The summed E-state index contributed by atoms with van der Waals surface area (Å²) in [6.45, 7) is 3.93. The van der Waals surface area contributed by atoms with Crippen LogP contribution in [-0.2, 0) is 4.79 Å². The van der Waals surface area contributed by atoms with Gasteiger partial charge in [-0.05, 0) is 50.6 Å². The predicted molar refractivity (Wildman–Crippen MR) is 110 cm³/mol. The first-order valence-electron chi connectivity index (χ1n) is 9.00. The lowest BCUT2D eigenvalue weighted by molar-refractivity contribution is -0.116. The molecular formula is C18H24Cl2N6O2. The Hall–Kier alpha value is -2.16. The summed E-state index contributed by atoms with van der Waals surface area (Å²) in [6, 6.07) is 5.60. The number of rotatable bonds is 6. The number of hydrogen-bond acceptors (Lipinski definition) is 5. The Morgan fingerprint density at radius 3 is 2.82 bits per heavy atom. The van der Waals surface area contributed by atoms with Crippen LogP contribution in [0.5, 0.6) is 0 Å². The summed E-state index contributed by atoms with van der Waals surface area (Å²) in [5, 5.41) is 17.4. The van der Waals surface area contributed by atoms with Gasteiger partial charge in [0, 0.05) is 23.7 Å². The summed E-state index contributed by atoms with van der Waals surface area (Å²) in [7, 11) is 0. The highest BCUT2D eigenvalue weighted by molar-refractivity contribution is 6.31. The summed E-state index contributed by atoms with van der Waals surface area (Å²) in [5.41, 5.74) is 1.74. The first-order valence-corrected chi connectivity index (χ1v) is 9.38. The Morgan fingerprint density at radius 1 is 1.32 bits per heavy atom. The number of amides is 2. The van der Waals surface area contributed by atoms with Crippen LogP contribution in [0.1, 0.15) is 41.4 Å². The second-order valence-corrected chi connectivity index (χ2v) is 6.94. The second-order valence-electron chi connectivity index (χ2n) is 6.53. The Bertz CT molecular complexity index is 820. The average Bonchev–Trinajstić information content (AvgIpc) is 3.16. The zero-order valence-corrected chi connectivity index (χ0v) is 17.1.